The number of nitrogens with one attached hydrogen (secondary N) is 2. The zero-order valence-corrected chi connectivity index (χ0v) is 21.0. The summed E-state index contributed by atoms with van der Waals surface area (Å²) in [5.74, 6) is 1.02. The predicted molar refractivity (Wildman–Crippen MR) is 143 cm³/mol. The normalized spacial score (nSPS) is 18.5. The van der Waals surface area contributed by atoms with Crippen molar-refractivity contribution < 1.29 is 9.53 Å². The van der Waals surface area contributed by atoms with Crippen LogP contribution in [0.4, 0.5) is 11.5 Å². The van der Waals surface area contributed by atoms with Crippen molar-refractivity contribution in [1.29, 1.82) is 0 Å². The van der Waals surface area contributed by atoms with Gasteiger partial charge < -0.3 is 19.9 Å². The van der Waals surface area contributed by atoms with Crippen LogP contribution in [0.2, 0.25) is 0 Å². The number of aromatic amines is 1. The number of likely N-dealkylation sites (N-methyl/N-ethyl adjacent to an activating group) is 1. The van der Waals surface area contributed by atoms with E-state index in [4.69, 9.17) is 4.74 Å². The third kappa shape index (κ3) is 5.83. The minimum atomic E-state index is -0.393. The van der Waals surface area contributed by atoms with Crippen molar-refractivity contribution in [2.75, 3.05) is 51.7 Å². The van der Waals surface area contributed by atoms with Crippen LogP contribution in [0.25, 0.3) is 0 Å². The van der Waals surface area contributed by atoms with E-state index in [0.29, 0.717) is 5.82 Å². The number of hydrogen-bond acceptors (Lipinski definition) is 6. The Kier molecular flexibility index (Phi) is 7.44. The van der Waals surface area contributed by atoms with Gasteiger partial charge in [0, 0.05) is 62.8 Å². The minimum absolute atomic E-state index is 0.0551. The van der Waals surface area contributed by atoms with Gasteiger partial charge in [0.15, 0.2) is 5.82 Å². The van der Waals surface area contributed by atoms with Gasteiger partial charge in [-0.2, -0.15) is 5.10 Å². The molecule has 0 spiro atoms. The number of aryl methyl sites for hydroxylation is 1. The van der Waals surface area contributed by atoms with Gasteiger partial charge >= 0.3 is 0 Å². The number of carbonyl (C=O) groups is 1. The summed E-state index contributed by atoms with van der Waals surface area (Å²) in [6.07, 6.45) is 3.44. The summed E-state index contributed by atoms with van der Waals surface area (Å²) in [7, 11) is 2.18. The first-order chi connectivity index (χ1) is 17.5. The molecule has 8 heteroatoms. The number of fused-ring (bicyclic) bond motifs is 1. The molecule has 188 valence electrons. The summed E-state index contributed by atoms with van der Waals surface area (Å²) >= 11 is 0. The Bertz CT molecular complexity index is 1210. The molecule has 8 nitrogen and oxygen atoms in total. The van der Waals surface area contributed by atoms with Gasteiger partial charge in [0.05, 0.1) is 6.61 Å². The zero-order chi connectivity index (χ0) is 24.9. The second-order valence-electron chi connectivity index (χ2n) is 9.70. The summed E-state index contributed by atoms with van der Waals surface area (Å²) in [6.45, 7) is 8.43. The topological polar surface area (TPSA) is 85.8 Å². The Morgan fingerprint density at radius 2 is 1.94 bits per heavy atom. The lowest BCUT2D eigenvalue weighted by atomic mass is 9.97. The minimum Gasteiger partial charge on any atom is -0.494 e. The molecule has 1 aromatic heterocycles. The lowest BCUT2D eigenvalue weighted by molar-refractivity contribution is -0.115. The smallest absolute Gasteiger partial charge is 0.237 e. The molecule has 0 saturated carbocycles. The van der Waals surface area contributed by atoms with E-state index in [9.17, 15) is 4.79 Å². The molecule has 1 atom stereocenters. The number of aliphatic imine (C=N–C) groups is 1. The van der Waals surface area contributed by atoms with E-state index >= 15 is 0 Å². The van der Waals surface area contributed by atoms with Gasteiger partial charge in [-0.05, 0) is 55.3 Å². The van der Waals surface area contributed by atoms with Crippen LogP contribution >= 0.6 is 0 Å². The molecule has 2 aliphatic rings. The molecule has 36 heavy (non-hydrogen) atoms. The van der Waals surface area contributed by atoms with Gasteiger partial charge in [0.1, 0.15) is 11.7 Å². The van der Waals surface area contributed by atoms with Crippen LogP contribution in [0.1, 0.15) is 34.7 Å². The second-order valence-corrected chi connectivity index (χ2v) is 9.70. The van der Waals surface area contributed by atoms with E-state index < -0.39 is 5.92 Å². The number of benzene rings is 2. The van der Waals surface area contributed by atoms with E-state index in [1.165, 1.54) is 5.56 Å². The summed E-state index contributed by atoms with van der Waals surface area (Å²) < 4.78 is 5.94. The highest BCUT2D eigenvalue weighted by Crippen LogP contribution is 2.34. The van der Waals surface area contributed by atoms with E-state index in [1.807, 2.05) is 43.3 Å². The number of aromatic nitrogens is 2. The average Bonchev–Trinajstić information content (AvgIpc) is 3.46. The fraction of sp³-hybridized carbons (Fsp3) is 0.393. The molecule has 3 aromatic rings. The molecule has 0 bridgehead atoms. The van der Waals surface area contributed by atoms with Gasteiger partial charge in [-0.15, -0.1) is 0 Å². The maximum atomic E-state index is 12.4. The maximum absolute atomic E-state index is 12.4. The zero-order valence-electron chi connectivity index (χ0n) is 21.0. The third-order valence-electron chi connectivity index (χ3n) is 6.95. The van der Waals surface area contributed by atoms with Crippen molar-refractivity contribution in [2.24, 2.45) is 4.99 Å². The Labute approximate surface area is 212 Å². The van der Waals surface area contributed by atoms with E-state index in [0.717, 1.165) is 80.4 Å². The Hall–Kier alpha value is -3.49. The SMILES string of the molecule is Cc1cccc2c1C(C=Nc1cc(Cc3ccc(OCCCN4CCN(C)CC4)cc3)[nH]n1)C(=O)N2. The fourth-order valence-corrected chi connectivity index (χ4v) is 4.82. The standard InChI is InChI=1S/C28H34N6O2/c1-20-5-3-6-25-27(20)24(28(35)30-25)19-29-26-18-22(31-32-26)17-21-7-9-23(10-8-21)36-16-4-11-34-14-12-33(2)13-15-34/h3,5-10,18-19,24H,4,11-17H2,1-2H3,(H,30,35)(H,31,32). The molecular formula is C28H34N6O2. The number of anilines is 1. The molecule has 1 amide bonds. The number of amides is 1. The molecular weight excluding hydrogens is 452 g/mol. The summed E-state index contributed by atoms with van der Waals surface area (Å²) in [5.41, 5.74) is 5.06. The van der Waals surface area contributed by atoms with Crippen molar-refractivity contribution in [1.82, 2.24) is 20.0 Å². The first-order valence-corrected chi connectivity index (χ1v) is 12.7. The Morgan fingerprint density at radius 1 is 1.14 bits per heavy atom. The van der Waals surface area contributed by atoms with Crippen LogP contribution in [-0.4, -0.2) is 78.5 Å². The third-order valence-corrected chi connectivity index (χ3v) is 6.95. The van der Waals surface area contributed by atoms with Gasteiger partial charge in [-0.1, -0.05) is 24.3 Å². The van der Waals surface area contributed by atoms with Crippen LogP contribution < -0.4 is 10.1 Å². The first kappa shape index (κ1) is 24.2. The van der Waals surface area contributed by atoms with Crippen molar-refractivity contribution in [3.63, 3.8) is 0 Å². The largest absolute Gasteiger partial charge is 0.494 e. The second kappa shape index (κ2) is 11.1. The predicted octanol–water partition coefficient (Wildman–Crippen LogP) is 3.76. The highest BCUT2D eigenvalue weighted by atomic mass is 16.5. The highest BCUT2D eigenvalue weighted by molar-refractivity contribution is 6.13. The van der Waals surface area contributed by atoms with Crippen LogP contribution in [0.15, 0.2) is 53.5 Å². The molecule has 1 fully saturated rings. The lowest BCUT2D eigenvalue weighted by Crippen LogP contribution is -2.44. The Morgan fingerprint density at radius 3 is 2.75 bits per heavy atom. The van der Waals surface area contributed by atoms with Crippen molar-refractivity contribution in [3.05, 3.63) is 70.9 Å². The Balaban J connectivity index is 1.10. The number of piperazine rings is 1. The van der Waals surface area contributed by atoms with E-state index in [2.05, 4.69) is 49.5 Å². The molecule has 3 heterocycles. The molecule has 2 aliphatic heterocycles. The monoisotopic (exact) mass is 486 g/mol. The lowest BCUT2D eigenvalue weighted by Gasteiger charge is -2.32. The van der Waals surface area contributed by atoms with Gasteiger partial charge in [-0.25, -0.2) is 4.99 Å². The number of ether oxygens (including phenoxy) is 1. The molecule has 0 aliphatic carbocycles. The van der Waals surface area contributed by atoms with Crippen molar-refractivity contribution in [2.45, 2.75) is 25.7 Å². The highest BCUT2D eigenvalue weighted by Gasteiger charge is 2.30. The molecule has 0 radical (unpaired) electrons. The average molecular weight is 487 g/mol. The van der Waals surface area contributed by atoms with Crippen LogP contribution in [0.5, 0.6) is 5.75 Å². The number of rotatable bonds is 9. The van der Waals surface area contributed by atoms with Crippen molar-refractivity contribution >= 4 is 23.6 Å². The van der Waals surface area contributed by atoms with E-state index in [1.54, 1.807) is 6.21 Å². The molecule has 1 unspecified atom stereocenters. The number of carbonyl (C=O) groups excluding carboxylic acids is 1. The molecule has 5 rings (SSSR count). The van der Waals surface area contributed by atoms with Crippen molar-refractivity contribution in [3.8, 4) is 5.75 Å². The molecule has 1 saturated heterocycles. The van der Waals surface area contributed by atoms with Gasteiger partial charge in [-0.3, -0.25) is 9.89 Å². The van der Waals surface area contributed by atoms with Crippen LogP contribution in [-0.2, 0) is 11.2 Å². The van der Waals surface area contributed by atoms with Gasteiger partial charge in [0.25, 0.3) is 0 Å². The van der Waals surface area contributed by atoms with Crippen LogP contribution in [0, 0.1) is 6.92 Å². The maximum Gasteiger partial charge on any atom is 0.237 e. The van der Waals surface area contributed by atoms with Crippen LogP contribution in [0.3, 0.4) is 0 Å². The fourth-order valence-electron chi connectivity index (χ4n) is 4.82. The van der Waals surface area contributed by atoms with E-state index in [-0.39, 0.29) is 5.91 Å². The number of nitrogens with zero attached hydrogens (tertiary/aromatic N) is 4. The molecule has 2 aromatic carbocycles. The van der Waals surface area contributed by atoms with Gasteiger partial charge in [0.2, 0.25) is 5.91 Å². The summed E-state index contributed by atoms with van der Waals surface area (Å²) in [5, 5.41) is 10.3. The number of hydrogen-bond donors (Lipinski definition) is 2. The summed E-state index contributed by atoms with van der Waals surface area (Å²) in [4.78, 5) is 21.8. The number of H-pyrrole nitrogens is 1. The first-order valence-electron chi connectivity index (χ1n) is 12.7. The quantitative estimate of drug-likeness (QED) is 0.355. The summed E-state index contributed by atoms with van der Waals surface area (Å²) in [6, 6.07) is 16.0. The molecule has 2 N–H and O–H groups in total.